The Morgan fingerprint density at radius 2 is 1.90 bits per heavy atom. The quantitative estimate of drug-likeness (QED) is 0.388. The summed E-state index contributed by atoms with van der Waals surface area (Å²) in [5.74, 6) is 0. The maximum Gasteiger partial charge on any atom is 0.216 e. The van der Waals surface area contributed by atoms with E-state index in [1.165, 1.54) is 0 Å². The van der Waals surface area contributed by atoms with E-state index >= 15 is 0 Å². The summed E-state index contributed by atoms with van der Waals surface area (Å²) in [5.41, 5.74) is 5.90. The minimum Gasteiger partial charge on any atom is -0.455 e. The topological polar surface area (TPSA) is 40.8 Å². The SMILES string of the molecule is [2H]C([2H])(c1cc(C)[n+](C)c(-c2c(C)ccc3c2oc2cccc(C#N)c23)c1)C(C)(C)C. The summed E-state index contributed by atoms with van der Waals surface area (Å²) in [5, 5.41) is 11.3. The number of nitriles is 1. The van der Waals surface area contributed by atoms with Gasteiger partial charge in [0.15, 0.2) is 5.69 Å². The Kier molecular flexibility index (Phi) is 3.90. The Bertz CT molecular complexity index is 1390. The van der Waals surface area contributed by atoms with Crippen LogP contribution in [0.2, 0.25) is 0 Å². The van der Waals surface area contributed by atoms with Crippen LogP contribution in [0.5, 0.6) is 0 Å². The van der Waals surface area contributed by atoms with Crippen LogP contribution < -0.4 is 4.57 Å². The molecule has 146 valence electrons. The normalized spacial score (nSPS) is 13.4. The highest BCUT2D eigenvalue weighted by molar-refractivity contribution is 6.11. The first-order valence-corrected chi connectivity index (χ1v) is 9.84. The molecule has 29 heavy (non-hydrogen) atoms. The van der Waals surface area contributed by atoms with Crippen molar-refractivity contribution in [3.63, 3.8) is 0 Å². The smallest absolute Gasteiger partial charge is 0.216 e. The number of hydrogen-bond acceptors (Lipinski definition) is 2. The third-order valence-corrected chi connectivity index (χ3v) is 5.32. The molecule has 4 rings (SSSR count). The van der Waals surface area contributed by atoms with Crippen LogP contribution in [0.25, 0.3) is 33.2 Å². The molecule has 3 heteroatoms. The number of fused-ring (bicyclic) bond motifs is 3. The second kappa shape index (κ2) is 6.74. The van der Waals surface area contributed by atoms with Gasteiger partial charge in [0.25, 0.3) is 0 Å². The highest BCUT2D eigenvalue weighted by Crippen LogP contribution is 2.38. The van der Waals surface area contributed by atoms with E-state index in [1.54, 1.807) is 6.07 Å². The number of aryl methyl sites for hydroxylation is 2. The van der Waals surface area contributed by atoms with E-state index in [2.05, 4.69) is 10.6 Å². The van der Waals surface area contributed by atoms with E-state index in [0.29, 0.717) is 16.7 Å². The van der Waals surface area contributed by atoms with Crippen molar-refractivity contribution in [2.75, 3.05) is 0 Å². The van der Waals surface area contributed by atoms with Crippen molar-refractivity contribution < 1.29 is 11.7 Å². The van der Waals surface area contributed by atoms with E-state index in [4.69, 9.17) is 7.16 Å². The largest absolute Gasteiger partial charge is 0.455 e. The average molecular weight is 386 g/mol. The molecule has 2 aromatic carbocycles. The molecule has 0 aliphatic carbocycles. The number of rotatable bonds is 2. The van der Waals surface area contributed by atoms with Crippen molar-refractivity contribution in [2.24, 2.45) is 12.5 Å². The van der Waals surface area contributed by atoms with E-state index in [9.17, 15) is 5.26 Å². The lowest BCUT2D eigenvalue weighted by atomic mass is 9.87. The number of furan rings is 1. The van der Waals surface area contributed by atoms with Gasteiger partial charge in [0.05, 0.1) is 17.2 Å². The van der Waals surface area contributed by atoms with Crippen LogP contribution in [0.3, 0.4) is 0 Å². The lowest BCUT2D eigenvalue weighted by Crippen LogP contribution is -2.35. The zero-order valence-electron chi connectivity index (χ0n) is 19.8. The van der Waals surface area contributed by atoms with Crippen molar-refractivity contribution in [1.82, 2.24) is 0 Å². The van der Waals surface area contributed by atoms with Crippen LogP contribution in [0.1, 0.15) is 45.9 Å². The molecule has 0 amide bonds. The van der Waals surface area contributed by atoms with E-state index in [0.717, 1.165) is 38.9 Å². The third kappa shape index (κ3) is 3.29. The fourth-order valence-electron chi connectivity index (χ4n) is 3.94. The van der Waals surface area contributed by atoms with Gasteiger partial charge in [-0.25, -0.2) is 0 Å². The first kappa shape index (κ1) is 16.8. The third-order valence-electron chi connectivity index (χ3n) is 5.32. The van der Waals surface area contributed by atoms with Gasteiger partial charge in [-0.05, 0) is 42.0 Å². The molecule has 2 heterocycles. The first-order chi connectivity index (χ1) is 14.5. The highest BCUT2D eigenvalue weighted by atomic mass is 16.3. The molecule has 0 saturated carbocycles. The Morgan fingerprint density at radius 1 is 1.14 bits per heavy atom. The predicted molar refractivity (Wildman–Crippen MR) is 118 cm³/mol. The van der Waals surface area contributed by atoms with Crippen molar-refractivity contribution in [1.29, 1.82) is 5.26 Å². The summed E-state index contributed by atoms with van der Waals surface area (Å²) in [7, 11) is 1.99. The summed E-state index contributed by atoms with van der Waals surface area (Å²) >= 11 is 0. The molecule has 0 fully saturated rings. The summed E-state index contributed by atoms with van der Waals surface area (Å²) < 4.78 is 26.0. The molecule has 0 saturated heterocycles. The average Bonchev–Trinajstić information content (AvgIpc) is 3.08. The van der Waals surface area contributed by atoms with Crippen molar-refractivity contribution >= 4 is 21.9 Å². The molecule has 0 N–H and O–H groups in total. The first-order valence-electron chi connectivity index (χ1n) is 10.8. The number of benzene rings is 2. The Balaban J connectivity index is 2.11. The number of pyridine rings is 1. The molecule has 0 bridgehead atoms. The summed E-state index contributed by atoms with van der Waals surface area (Å²) in [4.78, 5) is 0. The van der Waals surface area contributed by atoms with Crippen LogP contribution >= 0.6 is 0 Å². The van der Waals surface area contributed by atoms with E-state index < -0.39 is 11.8 Å². The Labute approximate surface area is 175 Å². The standard InChI is InChI=1S/C26H27N2O/c1-16-10-11-20-24-19(15-27)8-7-9-22(24)29-25(20)23(16)21-13-18(14-26(3,4)5)12-17(2)28(21)6/h7-13H,14H2,1-6H3/q+1/i14D2. The minimum atomic E-state index is -1.51. The van der Waals surface area contributed by atoms with Gasteiger partial charge < -0.3 is 4.42 Å². The van der Waals surface area contributed by atoms with Gasteiger partial charge >= 0.3 is 0 Å². The Morgan fingerprint density at radius 3 is 2.59 bits per heavy atom. The minimum absolute atomic E-state index is 0.557. The lowest BCUT2D eigenvalue weighted by molar-refractivity contribution is -0.666. The second-order valence-corrected chi connectivity index (χ2v) is 8.73. The van der Waals surface area contributed by atoms with Crippen LogP contribution in [0.15, 0.2) is 46.9 Å². The van der Waals surface area contributed by atoms with Gasteiger partial charge in [-0.1, -0.05) is 39.0 Å². The molecule has 3 nitrogen and oxygen atoms in total. The van der Waals surface area contributed by atoms with E-state index in [1.807, 2.05) is 78.1 Å². The van der Waals surface area contributed by atoms with Crippen molar-refractivity contribution in [3.05, 3.63) is 64.8 Å². The lowest BCUT2D eigenvalue weighted by Gasteiger charge is -2.18. The predicted octanol–water partition coefficient (Wildman–Crippen LogP) is 6.15. The van der Waals surface area contributed by atoms with Gasteiger partial charge in [-0.2, -0.15) is 9.83 Å². The number of nitrogens with zero attached hydrogens (tertiary/aromatic N) is 2. The summed E-state index contributed by atoms with van der Waals surface area (Å²) in [6.45, 7) is 9.79. The maximum absolute atomic E-state index is 9.60. The van der Waals surface area contributed by atoms with E-state index in [-0.39, 0.29) is 0 Å². The van der Waals surface area contributed by atoms with Crippen LogP contribution in [-0.4, -0.2) is 0 Å². The van der Waals surface area contributed by atoms with Gasteiger partial charge in [0.2, 0.25) is 5.69 Å². The number of hydrogen-bond donors (Lipinski definition) is 0. The van der Waals surface area contributed by atoms with Gasteiger partial charge in [0, 0.05) is 32.6 Å². The molecule has 0 unspecified atom stereocenters. The summed E-state index contributed by atoms with van der Waals surface area (Å²) in [6, 6.07) is 15.7. The van der Waals surface area contributed by atoms with Gasteiger partial charge in [0.1, 0.15) is 18.2 Å². The fraction of sp³-hybridized carbons (Fsp3) is 0.308. The Hall–Kier alpha value is -3.12. The molecular formula is C26H27N2O+. The zero-order valence-corrected chi connectivity index (χ0v) is 17.8. The zero-order chi connectivity index (χ0) is 22.7. The molecular weight excluding hydrogens is 356 g/mol. The highest BCUT2D eigenvalue weighted by Gasteiger charge is 2.24. The van der Waals surface area contributed by atoms with Gasteiger partial charge in [-0.3, -0.25) is 0 Å². The monoisotopic (exact) mass is 385 g/mol. The molecule has 0 aliphatic rings. The van der Waals surface area contributed by atoms with Crippen LogP contribution in [0.4, 0.5) is 0 Å². The van der Waals surface area contributed by atoms with Crippen LogP contribution in [0, 0.1) is 30.6 Å². The number of aromatic nitrogens is 1. The van der Waals surface area contributed by atoms with Crippen molar-refractivity contribution in [3.8, 4) is 17.3 Å². The molecule has 0 spiro atoms. The maximum atomic E-state index is 9.60. The van der Waals surface area contributed by atoms with Crippen LogP contribution in [-0.2, 0) is 13.4 Å². The van der Waals surface area contributed by atoms with Crippen molar-refractivity contribution in [2.45, 2.75) is 41.0 Å². The molecule has 0 radical (unpaired) electrons. The molecule has 2 aromatic heterocycles. The fourth-order valence-corrected chi connectivity index (χ4v) is 3.94. The van der Waals surface area contributed by atoms with Gasteiger partial charge in [-0.15, -0.1) is 0 Å². The molecule has 0 atom stereocenters. The summed E-state index contributed by atoms with van der Waals surface area (Å²) in [6.07, 6.45) is -1.51. The molecule has 4 aromatic rings. The molecule has 0 aliphatic heterocycles. The second-order valence-electron chi connectivity index (χ2n) is 8.73.